The zero-order chi connectivity index (χ0) is 26.8. The second-order valence-corrected chi connectivity index (χ2v) is 9.80. The Kier molecular flexibility index (Phi) is 9.59. The summed E-state index contributed by atoms with van der Waals surface area (Å²) in [4.78, 5) is 24.7. The second kappa shape index (κ2) is 12.8. The van der Waals surface area contributed by atoms with Crippen molar-refractivity contribution in [1.82, 2.24) is 0 Å². The molecule has 0 aliphatic heterocycles. The van der Waals surface area contributed by atoms with Crippen LogP contribution in [0.1, 0.15) is 27.0 Å². The third-order valence-corrected chi connectivity index (χ3v) is 5.91. The molecule has 0 aromatic heterocycles. The molecule has 0 saturated heterocycles. The van der Waals surface area contributed by atoms with Crippen LogP contribution in [0.25, 0.3) is 6.08 Å². The van der Waals surface area contributed by atoms with E-state index in [-0.39, 0.29) is 11.7 Å². The Morgan fingerprint density at radius 1 is 0.946 bits per heavy atom. The van der Waals surface area contributed by atoms with Crippen LogP contribution in [0.4, 0.5) is 5.69 Å². The summed E-state index contributed by atoms with van der Waals surface area (Å²) in [6, 6.07) is 21.2. The van der Waals surface area contributed by atoms with E-state index >= 15 is 0 Å². The number of amides is 1. The fourth-order valence-corrected chi connectivity index (χ4v) is 4.04. The van der Waals surface area contributed by atoms with Crippen molar-refractivity contribution >= 4 is 33.8 Å². The molecule has 0 bridgehead atoms. The Morgan fingerprint density at radius 3 is 2.24 bits per heavy atom. The van der Waals surface area contributed by atoms with Gasteiger partial charge in [0, 0.05) is 24.8 Å². The summed E-state index contributed by atoms with van der Waals surface area (Å²) in [5.41, 5.74) is 3.77. The van der Waals surface area contributed by atoms with E-state index in [1.54, 1.807) is 42.5 Å². The zero-order valence-electron chi connectivity index (χ0n) is 20.8. The molecule has 0 spiro atoms. The SMILES string of the molecule is COC(=O)C(Cc1ccc(NC(=O)c2ccccc2C/C=C/c2ccc(OS(C)(=O)=O)cc2)cc1)OC. The van der Waals surface area contributed by atoms with Gasteiger partial charge in [-0.2, -0.15) is 8.42 Å². The van der Waals surface area contributed by atoms with Crippen molar-refractivity contribution in [2.24, 2.45) is 0 Å². The lowest BCUT2D eigenvalue weighted by Crippen LogP contribution is -2.26. The molecule has 1 N–H and O–H groups in total. The van der Waals surface area contributed by atoms with Crippen LogP contribution in [-0.4, -0.2) is 46.9 Å². The Hall–Kier alpha value is -3.95. The minimum Gasteiger partial charge on any atom is -0.467 e. The number of hydrogen-bond acceptors (Lipinski definition) is 7. The molecule has 3 aromatic carbocycles. The molecule has 0 aliphatic carbocycles. The first-order valence-electron chi connectivity index (χ1n) is 11.4. The van der Waals surface area contributed by atoms with Gasteiger partial charge in [0.25, 0.3) is 5.91 Å². The average molecular weight is 524 g/mol. The highest BCUT2D eigenvalue weighted by Gasteiger charge is 2.19. The molecule has 1 unspecified atom stereocenters. The standard InChI is InChI=1S/C28H29NO7S/c1-34-26(28(31)35-2)19-21-11-15-23(16-12-21)29-27(30)25-10-5-4-8-22(25)9-6-7-20-13-17-24(18-14-20)36-37(3,32)33/h4-8,10-18,26H,9,19H2,1-3H3,(H,29,30)/b7-6+. The zero-order valence-corrected chi connectivity index (χ0v) is 21.7. The Morgan fingerprint density at radius 2 is 1.62 bits per heavy atom. The number of ether oxygens (including phenoxy) is 2. The first kappa shape index (κ1) is 27.6. The second-order valence-electron chi connectivity index (χ2n) is 8.22. The van der Waals surface area contributed by atoms with Gasteiger partial charge in [0.15, 0.2) is 6.10 Å². The molecule has 3 aromatic rings. The van der Waals surface area contributed by atoms with Gasteiger partial charge in [-0.1, -0.05) is 54.6 Å². The summed E-state index contributed by atoms with van der Waals surface area (Å²) in [5, 5.41) is 2.91. The number of allylic oxidation sites excluding steroid dienone is 1. The third-order valence-electron chi connectivity index (χ3n) is 5.42. The highest BCUT2D eigenvalue weighted by atomic mass is 32.2. The van der Waals surface area contributed by atoms with Crippen LogP contribution in [0, 0.1) is 0 Å². The predicted molar refractivity (Wildman–Crippen MR) is 142 cm³/mol. The topological polar surface area (TPSA) is 108 Å². The summed E-state index contributed by atoms with van der Waals surface area (Å²) in [6.07, 6.45) is 5.01. The highest BCUT2D eigenvalue weighted by Crippen LogP contribution is 2.18. The Bertz CT molecular complexity index is 1350. The average Bonchev–Trinajstić information content (AvgIpc) is 2.88. The predicted octanol–water partition coefficient (Wildman–Crippen LogP) is 4.26. The molecular formula is C28H29NO7S. The van der Waals surface area contributed by atoms with Crippen LogP contribution in [0.5, 0.6) is 5.75 Å². The molecule has 0 fully saturated rings. The first-order chi connectivity index (χ1) is 17.7. The number of carbonyl (C=O) groups is 2. The molecule has 3 rings (SSSR count). The fourth-order valence-electron chi connectivity index (χ4n) is 3.58. The molecule has 1 atom stereocenters. The van der Waals surface area contributed by atoms with E-state index in [4.69, 9.17) is 13.7 Å². The molecule has 37 heavy (non-hydrogen) atoms. The van der Waals surface area contributed by atoms with E-state index < -0.39 is 22.2 Å². The number of methoxy groups -OCH3 is 2. The highest BCUT2D eigenvalue weighted by molar-refractivity contribution is 7.86. The van der Waals surface area contributed by atoms with Crippen LogP contribution in [0.3, 0.4) is 0 Å². The smallest absolute Gasteiger partial charge is 0.335 e. The van der Waals surface area contributed by atoms with Crippen LogP contribution < -0.4 is 9.50 Å². The lowest BCUT2D eigenvalue weighted by atomic mass is 10.0. The quantitative estimate of drug-likeness (QED) is 0.295. The molecule has 1 amide bonds. The first-order valence-corrected chi connectivity index (χ1v) is 13.2. The maximum absolute atomic E-state index is 13.0. The van der Waals surface area contributed by atoms with Gasteiger partial charge < -0.3 is 19.0 Å². The lowest BCUT2D eigenvalue weighted by molar-refractivity contribution is -0.152. The number of anilines is 1. The molecule has 0 heterocycles. The largest absolute Gasteiger partial charge is 0.467 e. The fraction of sp³-hybridized carbons (Fsp3) is 0.214. The minimum atomic E-state index is -3.57. The van der Waals surface area contributed by atoms with Gasteiger partial charge in [-0.15, -0.1) is 0 Å². The number of esters is 1. The van der Waals surface area contributed by atoms with Crippen molar-refractivity contribution in [3.63, 3.8) is 0 Å². The summed E-state index contributed by atoms with van der Waals surface area (Å²) in [5.74, 6) is -0.427. The van der Waals surface area contributed by atoms with Gasteiger partial charge in [0.1, 0.15) is 5.75 Å². The van der Waals surface area contributed by atoms with Crippen molar-refractivity contribution in [2.75, 3.05) is 25.8 Å². The van der Waals surface area contributed by atoms with Crippen molar-refractivity contribution in [3.8, 4) is 5.75 Å². The normalized spacial score (nSPS) is 12.2. The molecule has 9 heteroatoms. The molecule has 0 radical (unpaired) electrons. The Balaban J connectivity index is 1.63. The minimum absolute atomic E-state index is 0.233. The number of nitrogens with one attached hydrogen (secondary N) is 1. The van der Waals surface area contributed by atoms with Gasteiger partial charge in [0.05, 0.1) is 13.4 Å². The summed E-state index contributed by atoms with van der Waals surface area (Å²) in [6.45, 7) is 0. The van der Waals surface area contributed by atoms with E-state index in [1.165, 1.54) is 14.2 Å². The summed E-state index contributed by atoms with van der Waals surface area (Å²) in [7, 11) is -0.799. The summed E-state index contributed by atoms with van der Waals surface area (Å²) >= 11 is 0. The van der Waals surface area contributed by atoms with Crippen LogP contribution in [0.15, 0.2) is 78.9 Å². The summed E-state index contributed by atoms with van der Waals surface area (Å²) < 4.78 is 37.2. The van der Waals surface area contributed by atoms with Gasteiger partial charge >= 0.3 is 16.1 Å². The maximum atomic E-state index is 13.0. The Labute approximate surface area is 217 Å². The maximum Gasteiger partial charge on any atom is 0.335 e. The van der Waals surface area contributed by atoms with Gasteiger partial charge in [0.2, 0.25) is 0 Å². The number of carbonyl (C=O) groups excluding carboxylic acids is 2. The van der Waals surface area contributed by atoms with Gasteiger partial charge in [-0.25, -0.2) is 4.79 Å². The number of rotatable bonds is 11. The van der Waals surface area contributed by atoms with E-state index in [1.807, 2.05) is 42.5 Å². The molecule has 0 aliphatic rings. The molecule has 8 nitrogen and oxygen atoms in total. The van der Waals surface area contributed by atoms with Crippen molar-refractivity contribution in [1.29, 1.82) is 0 Å². The monoisotopic (exact) mass is 523 g/mol. The van der Waals surface area contributed by atoms with E-state index in [9.17, 15) is 18.0 Å². The third kappa shape index (κ3) is 8.59. The van der Waals surface area contributed by atoms with Gasteiger partial charge in [-0.3, -0.25) is 4.79 Å². The van der Waals surface area contributed by atoms with E-state index in [0.29, 0.717) is 24.1 Å². The van der Waals surface area contributed by atoms with Crippen LogP contribution in [-0.2, 0) is 37.2 Å². The molecule has 194 valence electrons. The van der Waals surface area contributed by atoms with Crippen LogP contribution in [0.2, 0.25) is 0 Å². The van der Waals surface area contributed by atoms with Crippen molar-refractivity contribution in [2.45, 2.75) is 18.9 Å². The van der Waals surface area contributed by atoms with Crippen molar-refractivity contribution < 1.29 is 31.7 Å². The molecular weight excluding hydrogens is 494 g/mol. The molecule has 0 saturated carbocycles. The number of benzene rings is 3. The van der Waals surface area contributed by atoms with Crippen molar-refractivity contribution in [3.05, 3.63) is 101 Å². The van der Waals surface area contributed by atoms with E-state index in [2.05, 4.69) is 5.32 Å². The van der Waals surface area contributed by atoms with Gasteiger partial charge in [-0.05, 0) is 53.4 Å². The number of hydrogen-bond donors (Lipinski definition) is 1. The lowest BCUT2D eigenvalue weighted by Gasteiger charge is -2.13. The van der Waals surface area contributed by atoms with Crippen LogP contribution >= 0.6 is 0 Å². The van der Waals surface area contributed by atoms with E-state index in [0.717, 1.165) is 22.9 Å².